The van der Waals surface area contributed by atoms with Gasteiger partial charge in [-0.05, 0) is 12.1 Å². The van der Waals surface area contributed by atoms with Gasteiger partial charge >= 0.3 is 12.0 Å². The highest BCUT2D eigenvalue weighted by Crippen LogP contribution is 2.14. The SMILES string of the molecule is O=C(NCCN1CCSCC1)Nc1ccccc1C(=O)O. The predicted octanol–water partition coefficient (Wildman–Crippen LogP) is 1.56. The zero-order valence-electron chi connectivity index (χ0n) is 11.7. The molecule has 0 atom stereocenters. The summed E-state index contributed by atoms with van der Waals surface area (Å²) in [5.74, 6) is 1.22. The van der Waals surface area contributed by atoms with Crippen LogP contribution in [0.2, 0.25) is 0 Å². The van der Waals surface area contributed by atoms with Gasteiger partial charge in [-0.25, -0.2) is 9.59 Å². The van der Waals surface area contributed by atoms with Crippen molar-refractivity contribution in [2.24, 2.45) is 0 Å². The summed E-state index contributed by atoms with van der Waals surface area (Å²) < 4.78 is 0. The van der Waals surface area contributed by atoms with Crippen molar-refractivity contribution in [3.63, 3.8) is 0 Å². The lowest BCUT2D eigenvalue weighted by molar-refractivity contribution is 0.0698. The average molecular weight is 309 g/mol. The number of amides is 2. The van der Waals surface area contributed by atoms with Crippen LogP contribution in [0.1, 0.15) is 10.4 Å². The van der Waals surface area contributed by atoms with Crippen LogP contribution in [-0.2, 0) is 0 Å². The number of carbonyl (C=O) groups is 2. The highest BCUT2D eigenvalue weighted by molar-refractivity contribution is 7.99. The second-order valence-corrected chi connectivity index (χ2v) is 5.91. The standard InChI is InChI=1S/C14H19N3O3S/c18-13(19)11-3-1-2-4-12(11)16-14(20)15-5-6-17-7-9-21-10-8-17/h1-4H,5-10H2,(H,18,19)(H2,15,16,20). The molecule has 1 aliphatic heterocycles. The normalized spacial score (nSPS) is 15.4. The summed E-state index contributed by atoms with van der Waals surface area (Å²) in [6, 6.07) is 5.97. The molecule has 1 heterocycles. The second kappa shape index (κ2) is 7.90. The van der Waals surface area contributed by atoms with Gasteiger partial charge in [0.2, 0.25) is 0 Å². The van der Waals surface area contributed by atoms with Crippen molar-refractivity contribution in [2.45, 2.75) is 0 Å². The van der Waals surface area contributed by atoms with Gasteiger partial charge in [-0.3, -0.25) is 4.90 Å². The number of aromatic carboxylic acids is 1. The lowest BCUT2D eigenvalue weighted by atomic mass is 10.2. The molecule has 1 saturated heterocycles. The Morgan fingerprint density at radius 3 is 2.67 bits per heavy atom. The number of hydrogen-bond acceptors (Lipinski definition) is 4. The molecule has 7 heteroatoms. The number of nitrogens with zero attached hydrogens (tertiary/aromatic N) is 1. The zero-order valence-corrected chi connectivity index (χ0v) is 12.5. The van der Waals surface area contributed by atoms with Gasteiger partial charge in [-0.15, -0.1) is 0 Å². The molecule has 0 bridgehead atoms. The molecule has 0 radical (unpaired) electrons. The Bertz CT molecular complexity index is 504. The van der Waals surface area contributed by atoms with Crippen LogP contribution >= 0.6 is 11.8 Å². The van der Waals surface area contributed by atoms with Crippen molar-refractivity contribution >= 4 is 29.4 Å². The summed E-state index contributed by atoms with van der Waals surface area (Å²) >= 11 is 1.95. The first kappa shape index (κ1) is 15.7. The molecule has 0 spiro atoms. The van der Waals surface area contributed by atoms with Gasteiger partial charge in [0, 0.05) is 37.7 Å². The van der Waals surface area contributed by atoms with Gasteiger partial charge in [-0.2, -0.15) is 11.8 Å². The van der Waals surface area contributed by atoms with Gasteiger partial charge in [0.25, 0.3) is 0 Å². The summed E-state index contributed by atoms with van der Waals surface area (Å²) in [4.78, 5) is 25.1. The molecule has 0 aliphatic carbocycles. The maximum absolute atomic E-state index is 11.8. The maximum Gasteiger partial charge on any atom is 0.337 e. The minimum atomic E-state index is -1.06. The number of hydrogen-bond donors (Lipinski definition) is 3. The Kier molecular flexibility index (Phi) is 5.89. The van der Waals surface area contributed by atoms with Crippen molar-refractivity contribution in [1.29, 1.82) is 0 Å². The number of urea groups is 1. The quantitative estimate of drug-likeness (QED) is 0.769. The van der Waals surface area contributed by atoms with Crippen LogP contribution in [0.3, 0.4) is 0 Å². The minimum absolute atomic E-state index is 0.0840. The number of nitrogens with one attached hydrogen (secondary N) is 2. The number of carbonyl (C=O) groups excluding carboxylic acids is 1. The van der Waals surface area contributed by atoms with Crippen molar-refractivity contribution in [3.05, 3.63) is 29.8 Å². The summed E-state index contributed by atoms with van der Waals surface area (Å²) in [5, 5.41) is 14.4. The molecule has 21 heavy (non-hydrogen) atoms. The number of benzene rings is 1. The Morgan fingerprint density at radius 1 is 1.24 bits per heavy atom. The van der Waals surface area contributed by atoms with E-state index in [0.29, 0.717) is 12.2 Å². The highest BCUT2D eigenvalue weighted by atomic mass is 32.2. The Hall–Kier alpha value is -1.73. The van der Waals surface area contributed by atoms with Crippen LogP contribution in [-0.4, -0.2) is 59.7 Å². The summed E-state index contributed by atoms with van der Waals surface area (Å²) in [7, 11) is 0. The predicted molar refractivity (Wildman–Crippen MR) is 84.2 cm³/mol. The lowest BCUT2D eigenvalue weighted by Gasteiger charge is -2.26. The van der Waals surface area contributed by atoms with Gasteiger partial charge in [-0.1, -0.05) is 12.1 Å². The van der Waals surface area contributed by atoms with E-state index in [-0.39, 0.29) is 11.6 Å². The maximum atomic E-state index is 11.8. The number of thioether (sulfide) groups is 1. The number of carboxylic acid groups (broad SMARTS) is 1. The number of para-hydroxylation sites is 1. The van der Waals surface area contributed by atoms with Crippen LogP contribution < -0.4 is 10.6 Å². The Balaban J connectivity index is 1.78. The molecule has 1 aromatic carbocycles. The molecular formula is C14H19N3O3S. The third-order valence-corrected chi connectivity index (χ3v) is 4.17. The van der Waals surface area contributed by atoms with E-state index >= 15 is 0 Å². The first-order valence-electron chi connectivity index (χ1n) is 6.84. The summed E-state index contributed by atoms with van der Waals surface area (Å²) in [5.41, 5.74) is 0.387. The Morgan fingerprint density at radius 2 is 1.95 bits per heavy atom. The van der Waals surface area contributed by atoms with E-state index in [4.69, 9.17) is 5.11 Å². The molecule has 2 rings (SSSR count). The smallest absolute Gasteiger partial charge is 0.337 e. The number of rotatable bonds is 5. The highest BCUT2D eigenvalue weighted by Gasteiger charge is 2.12. The fraction of sp³-hybridized carbons (Fsp3) is 0.429. The molecule has 0 saturated carbocycles. The van der Waals surface area contributed by atoms with Gasteiger partial charge in [0.15, 0.2) is 0 Å². The Labute approximate surface area is 127 Å². The van der Waals surface area contributed by atoms with Crippen LogP contribution in [0.4, 0.5) is 10.5 Å². The molecular weight excluding hydrogens is 290 g/mol. The molecule has 0 aromatic heterocycles. The van der Waals surface area contributed by atoms with Gasteiger partial charge in [0.1, 0.15) is 0 Å². The number of anilines is 1. The average Bonchev–Trinajstić information content (AvgIpc) is 2.48. The van der Waals surface area contributed by atoms with Crippen molar-refractivity contribution in [1.82, 2.24) is 10.2 Å². The van der Waals surface area contributed by atoms with Crippen molar-refractivity contribution in [3.8, 4) is 0 Å². The van der Waals surface area contributed by atoms with Crippen LogP contribution in [0.5, 0.6) is 0 Å². The van der Waals surface area contributed by atoms with Crippen molar-refractivity contribution < 1.29 is 14.7 Å². The van der Waals surface area contributed by atoms with E-state index in [0.717, 1.165) is 31.1 Å². The summed E-state index contributed by atoms with van der Waals surface area (Å²) in [6.45, 7) is 3.46. The third kappa shape index (κ3) is 4.95. The molecule has 3 N–H and O–H groups in total. The second-order valence-electron chi connectivity index (χ2n) is 4.69. The van der Waals surface area contributed by atoms with E-state index in [1.54, 1.807) is 18.2 Å². The largest absolute Gasteiger partial charge is 0.478 e. The fourth-order valence-corrected chi connectivity index (χ4v) is 3.08. The van der Waals surface area contributed by atoms with Crippen molar-refractivity contribution in [2.75, 3.05) is 43.0 Å². The van der Waals surface area contributed by atoms with Gasteiger partial charge in [0.05, 0.1) is 11.3 Å². The van der Waals surface area contributed by atoms with Crippen LogP contribution in [0.15, 0.2) is 24.3 Å². The van der Waals surface area contributed by atoms with E-state index in [1.165, 1.54) is 6.07 Å². The molecule has 114 valence electrons. The molecule has 1 fully saturated rings. The first-order chi connectivity index (χ1) is 10.2. The van der Waals surface area contributed by atoms with E-state index in [2.05, 4.69) is 15.5 Å². The molecule has 2 amide bonds. The zero-order chi connectivity index (χ0) is 15.1. The monoisotopic (exact) mass is 309 g/mol. The molecule has 6 nitrogen and oxygen atoms in total. The lowest BCUT2D eigenvalue weighted by Crippen LogP contribution is -2.40. The topological polar surface area (TPSA) is 81.7 Å². The van der Waals surface area contributed by atoms with Crippen LogP contribution in [0, 0.1) is 0 Å². The minimum Gasteiger partial charge on any atom is -0.478 e. The van der Waals surface area contributed by atoms with Gasteiger partial charge < -0.3 is 15.7 Å². The third-order valence-electron chi connectivity index (χ3n) is 3.22. The fourth-order valence-electron chi connectivity index (χ4n) is 2.10. The molecule has 1 aliphatic rings. The van der Waals surface area contributed by atoms with Crippen LogP contribution in [0.25, 0.3) is 0 Å². The number of carboxylic acids is 1. The molecule has 1 aromatic rings. The van der Waals surface area contributed by atoms with E-state index in [1.807, 2.05) is 11.8 Å². The van der Waals surface area contributed by atoms with E-state index in [9.17, 15) is 9.59 Å². The summed E-state index contributed by atoms with van der Waals surface area (Å²) in [6.07, 6.45) is 0. The molecule has 0 unspecified atom stereocenters. The van der Waals surface area contributed by atoms with E-state index < -0.39 is 5.97 Å². The first-order valence-corrected chi connectivity index (χ1v) is 7.99.